The van der Waals surface area contributed by atoms with Gasteiger partial charge in [-0.05, 0) is 53.9 Å². The summed E-state index contributed by atoms with van der Waals surface area (Å²) < 4.78 is 5.56. The summed E-state index contributed by atoms with van der Waals surface area (Å²) in [6.07, 6.45) is 3.23. The first-order chi connectivity index (χ1) is 16.0. The fraction of sp³-hybridized carbons (Fsp3) is 0.346. The summed E-state index contributed by atoms with van der Waals surface area (Å²) in [5.41, 5.74) is 4.48. The number of nitrogens with one attached hydrogen (secondary N) is 2. The number of hydrogen-bond donors (Lipinski definition) is 3. The van der Waals surface area contributed by atoms with Gasteiger partial charge in [0.15, 0.2) is 0 Å². The second-order valence-electron chi connectivity index (χ2n) is 8.55. The zero-order valence-corrected chi connectivity index (χ0v) is 18.3. The van der Waals surface area contributed by atoms with Gasteiger partial charge in [0, 0.05) is 5.92 Å². The Morgan fingerprint density at radius 3 is 2.18 bits per heavy atom. The molecule has 0 spiro atoms. The molecule has 2 amide bonds. The number of benzene rings is 2. The first-order valence-electron chi connectivity index (χ1n) is 11.2. The number of ether oxygens (including phenoxy) is 1. The minimum atomic E-state index is -1.11. The van der Waals surface area contributed by atoms with Crippen LogP contribution in [0.25, 0.3) is 11.1 Å². The first-order valence-corrected chi connectivity index (χ1v) is 11.2. The summed E-state index contributed by atoms with van der Waals surface area (Å²) in [6, 6.07) is 14.3. The van der Waals surface area contributed by atoms with Crippen molar-refractivity contribution < 1.29 is 24.2 Å². The summed E-state index contributed by atoms with van der Waals surface area (Å²) in [6.45, 7) is 3.73. The van der Waals surface area contributed by atoms with Crippen molar-refractivity contribution in [3.8, 4) is 11.1 Å². The Balaban J connectivity index is 1.39. The largest absolute Gasteiger partial charge is 0.480 e. The van der Waals surface area contributed by atoms with Crippen molar-refractivity contribution >= 4 is 18.0 Å². The maximum atomic E-state index is 12.8. The summed E-state index contributed by atoms with van der Waals surface area (Å²) in [5, 5.41) is 14.6. The molecule has 33 heavy (non-hydrogen) atoms. The van der Waals surface area contributed by atoms with Gasteiger partial charge in [-0.1, -0.05) is 54.6 Å². The highest BCUT2D eigenvalue weighted by molar-refractivity contribution is 5.89. The molecule has 2 aliphatic rings. The van der Waals surface area contributed by atoms with Crippen LogP contribution in [-0.4, -0.2) is 41.8 Å². The number of hydrogen-bond acceptors (Lipinski definition) is 4. The van der Waals surface area contributed by atoms with E-state index in [1.54, 1.807) is 6.08 Å². The zero-order valence-electron chi connectivity index (χ0n) is 18.3. The lowest BCUT2D eigenvalue weighted by atomic mass is 9.98. The molecule has 2 aliphatic carbocycles. The molecule has 7 heteroatoms. The predicted molar refractivity (Wildman–Crippen MR) is 124 cm³/mol. The summed E-state index contributed by atoms with van der Waals surface area (Å²) in [4.78, 5) is 36.8. The van der Waals surface area contributed by atoms with E-state index in [1.165, 1.54) is 0 Å². The van der Waals surface area contributed by atoms with Crippen LogP contribution in [0.4, 0.5) is 4.79 Å². The molecule has 1 fully saturated rings. The van der Waals surface area contributed by atoms with Crippen LogP contribution in [0.2, 0.25) is 0 Å². The first kappa shape index (κ1) is 22.6. The highest BCUT2D eigenvalue weighted by Gasteiger charge is 2.39. The van der Waals surface area contributed by atoms with Gasteiger partial charge >= 0.3 is 12.1 Å². The molecule has 0 bridgehead atoms. The molecule has 0 aliphatic heterocycles. The number of carbonyl (C=O) groups excluding carboxylic acids is 2. The quantitative estimate of drug-likeness (QED) is 0.479. The maximum absolute atomic E-state index is 12.8. The highest BCUT2D eigenvalue weighted by Crippen LogP contribution is 2.44. The third kappa shape index (κ3) is 5.08. The van der Waals surface area contributed by atoms with Gasteiger partial charge in [0.1, 0.15) is 18.7 Å². The van der Waals surface area contributed by atoms with Gasteiger partial charge in [0.05, 0.1) is 0 Å². The van der Waals surface area contributed by atoms with Gasteiger partial charge in [-0.3, -0.25) is 4.79 Å². The van der Waals surface area contributed by atoms with E-state index in [1.807, 2.05) is 36.4 Å². The topological polar surface area (TPSA) is 105 Å². The van der Waals surface area contributed by atoms with Crippen LogP contribution in [0.15, 0.2) is 61.2 Å². The average Bonchev–Trinajstić information content (AvgIpc) is 3.61. The van der Waals surface area contributed by atoms with Crippen molar-refractivity contribution in [3.63, 3.8) is 0 Å². The minimum Gasteiger partial charge on any atom is -0.480 e. The molecule has 3 N–H and O–H groups in total. The van der Waals surface area contributed by atoms with Crippen LogP contribution in [0, 0.1) is 5.92 Å². The molecule has 4 rings (SSSR count). The van der Waals surface area contributed by atoms with Gasteiger partial charge in [-0.25, -0.2) is 9.59 Å². The molecular weight excluding hydrogens is 420 g/mol. The SMILES string of the molecule is C=CCCC(NC(=O)C(NC(=O)OCC1c2ccccc2-c2ccccc21)C1CC1)C(=O)O. The Kier molecular flexibility index (Phi) is 6.77. The van der Waals surface area contributed by atoms with Crippen LogP contribution >= 0.6 is 0 Å². The Hall–Kier alpha value is -3.61. The molecular formula is C26H28N2O5. The van der Waals surface area contributed by atoms with Gasteiger partial charge in [0.25, 0.3) is 0 Å². The van der Waals surface area contributed by atoms with Gasteiger partial charge in [-0.15, -0.1) is 6.58 Å². The molecule has 2 unspecified atom stereocenters. The van der Waals surface area contributed by atoms with E-state index in [0.717, 1.165) is 35.1 Å². The molecule has 0 radical (unpaired) electrons. The minimum absolute atomic E-state index is 0.0145. The van der Waals surface area contributed by atoms with E-state index in [0.29, 0.717) is 6.42 Å². The fourth-order valence-corrected chi connectivity index (χ4v) is 4.40. The molecule has 2 atom stereocenters. The molecule has 0 aromatic heterocycles. The lowest BCUT2D eigenvalue weighted by molar-refractivity contribution is -0.142. The van der Waals surface area contributed by atoms with E-state index >= 15 is 0 Å². The van der Waals surface area contributed by atoms with Crippen LogP contribution < -0.4 is 10.6 Å². The van der Waals surface area contributed by atoms with Crippen molar-refractivity contribution in [2.24, 2.45) is 5.92 Å². The maximum Gasteiger partial charge on any atom is 0.407 e. The number of fused-ring (bicyclic) bond motifs is 3. The number of alkyl carbamates (subject to hydrolysis) is 1. The van der Waals surface area contributed by atoms with Crippen molar-refractivity contribution in [3.05, 3.63) is 72.3 Å². The third-order valence-electron chi connectivity index (χ3n) is 6.27. The van der Waals surface area contributed by atoms with Crippen LogP contribution in [0.5, 0.6) is 0 Å². The molecule has 0 heterocycles. The van der Waals surface area contributed by atoms with Crippen LogP contribution in [0.3, 0.4) is 0 Å². The number of amides is 2. The monoisotopic (exact) mass is 448 g/mol. The van der Waals surface area contributed by atoms with E-state index in [9.17, 15) is 19.5 Å². The van der Waals surface area contributed by atoms with E-state index < -0.39 is 30.1 Å². The normalized spacial score (nSPS) is 16.1. The Bertz CT molecular complexity index is 1020. The highest BCUT2D eigenvalue weighted by atomic mass is 16.5. The molecule has 1 saturated carbocycles. The number of aliphatic carboxylic acids is 1. The summed E-state index contributed by atoms with van der Waals surface area (Å²) >= 11 is 0. The van der Waals surface area contributed by atoms with Crippen LogP contribution in [-0.2, 0) is 14.3 Å². The molecule has 172 valence electrons. The Labute approximate surface area is 192 Å². The number of carboxylic acids is 1. The smallest absolute Gasteiger partial charge is 0.407 e. The molecule has 0 saturated heterocycles. The predicted octanol–water partition coefficient (Wildman–Crippen LogP) is 3.84. The third-order valence-corrected chi connectivity index (χ3v) is 6.27. The second kappa shape index (κ2) is 9.90. The standard InChI is InChI=1S/C26H28N2O5/c1-2-3-12-22(25(30)31)27-24(29)23(16-13-14-16)28-26(32)33-15-21-19-10-6-4-8-17(19)18-9-5-7-11-20(18)21/h2,4-11,16,21-23H,1,3,12-15H2,(H,27,29)(H,28,32)(H,30,31). The van der Waals surface area contributed by atoms with E-state index in [2.05, 4.69) is 29.3 Å². The molecule has 2 aromatic rings. The van der Waals surface area contributed by atoms with Crippen molar-refractivity contribution in [2.45, 2.75) is 43.7 Å². The number of carboxylic acid groups (broad SMARTS) is 1. The Morgan fingerprint density at radius 2 is 1.64 bits per heavy atom. The van der Waals surface area contributed by atoms with Crippen LogP contribution in [0.1, 0.15) is 42.7 Å². The zero-order chi connectivity index (χ0) is 23.4. The second-order valence-corrected chi connectivity index (χ2v) is 8.55. The molecule has 7 nitrogen and oxygen atoms in total. The Morgan fingerprint density at radius 1 is 1.03 bits per heavy atom. The number of carbonyl (C=O) groups is 3. The van der Waals surface area contributed by atoms with E-state index in [4.69, 9.17) is 4.74 Å². The fourth-order valence-electron chi connectivity index (χ4n) is 4.40. The van der Waals surface area contributed by atoms with Crippen molar-refractivity contribution in [1.29, 1.82) is 0 Å². The average molecular weight is 449 g/mol. The summed E-state index contributed by atoms with van der Waals surface area (Å²) in [5.74, 6) is -1.70. The van der Waals surface area contributed by atoms with Crippen molar-refractivity contribution in [2.75, 3.05) is 6.61 Å². The van der Waals surface area contributed by atoms with E-state index in [-0.39, 0.29) is 24.9 Å². The van der Waals surface area contributed by atoms with Crippen molar-refractivity contribution in [1.82, 2.24) is 10.6 Å². The lowest BCUT2D eigenvalue weighted by Crippen LogP contribution is -2.52. The van der Waals surface area contributed by atoms with Gasteiger partial charge in [0.2, 0.25) is 5.91 Å². The number of rotatable bonds is 10. The van der Waals surface area contributed by atoms with Gasteiger partial charge < -0.3 is 20.5 Å². The summed E-state index contributed by atoms with van der Waals surface area (Å²) in [7, 11) is 0. The number of allylic oxidation sites excluding steroid dienone is 1. The molecule has 2 aromatic carbocycles. The lowest BCUT2D eigenvalue weighted by Gasteiger charge is -2.21. The van der Waals surface area contributed by atoms with Gasteiger partial charge in [-0.2, -0.15) is 0 Å².